The molecule has 0 saturated heterocycles. The van der Waals surface area contributed by atoms with Crippen LogP contribution in [0, 0.1) is 0 Å². The van der Waals surface area contributed by atoms with Gasteiger partial charge in [0.25, 0.3) is 0 Å². The van der Waals surface area contributed by atoms with Gasteiger partial charge in [0.15, 0.2) is 0 Å². The van der Waals surface area contributed by atoms with Crippen molar-refractivity contribution in [1.82, 2.24) is 9.47 Å². The molecular weight excluding hydrogens is 344 g/mol. The van der Waals surface area contributed by atoms with Crippen LogP contribution in [-0.4, -0.2) is 34.0 Å². The second kappa shape index (κ2) is 7.31. The topological polar surface area (TPSA) is 42.3 Å². The molecule has 0 radical (unpaired) electrons. The van der Waals surface area contributed by atoms with E-state index in [0.717, 1.165) is 47.0 Å². The standard InChI is InChI=1S/C21H24N2O2S/c1-22-17-10-6-5-9-16(17)20-18(13-24)23(19(25)14-26-21(20)22)12-11-15-7-3-2-4-8-15/h5-7,9-10,13,18H,2-4,8,11-12,14H2,1H3. The van der Waals surface area contributed by atoms with Crippen LogP contribution >= 0.6 is 11.8 Å². The zero-order valence-corrected chi connectivity index (χ0v) is 15.9. The summed E-state index contributed by atoms with van der Waals surface area (Å²) in [6.07, 6.45) is 8.91. The van der Waals surface area contributed by atoms with Gasteiger partial charge in [-0.05, 0) is 38.2 Å². The Bertz CT molecular complexity index is 884. The molecule has 4 nitrogen and oxygen atoms in total. The van der Waals surface area contributed by atoms with E-state index in [1.807, 2.05) is 19.2 Å². The number of amides is 1. The fourth-order valence-corrected chi connectivity index (χ4v) is 5.29. The molecule has 0 bridgehead atoms. The Labute approximate surface area is 158 Å². The molecule has 1 aromatic heterocycles. The number of aromatic nitrogens is 1. The molecule has 0 saturated carbocycles. The first-order valence-corrected chi connectivity index (χ1v) is 10.3. The van der Waals surface area contributed by atoms with Gasteiger partial charge in [0, 0.05) is 30.1 Å². The summed E-state index contributed by atoms with van der Waals surface area (Å²) in [7, 11) is 2.02. The summed E-state index contributed by atoms with van der Waals surface area (Å²) < 4.78 is 2.12. The van der Waals surface area contributed by atoms with Gasteiger partial charge in [-0.1, -0.05) is 41.6 Å². The SMILES string of the molecule is Cn1c2c(c3ccccc31)C(C=O)N(CCC1=CCCCC1)C(=O)CS2. The Balaban J connectivity index is 1.71. The number of aryl methyl sites for hydroxylation is 1. The summed E-state index contributed by atoms with van der Waals surface area (Å²) in [6.45, 7) is 0.622. The quantitative estimate of drug-likeness (QED) is 0.599. The maximum absolute atomic E-state index is 12.8. The molecule has 2 aromatic rings. The molecule has 26 heavy (non-hydrogen) atoms. The molecule has 1 amide bonds. The van der Waals surface area contributed by atoms with Gasteiger partial charge in [-0.2, -0.15) is 0 Å². The van der Waals surface area contributed by atoms with Crippen LogP contribution in [0.2, 0.25) is 0 Å². The van der Waals surface area contributed by atoms with E-state index < -0.39 is 6.04 Å². The minimum absolute atomic E-state index is 0.0591. The Hall–Kier alpha value is -2.01. The van der Waals surface area contributed by atoms with Crippen molar-refractivity contribution in [2.75, 3.05) is 12.3 Å². The summed E-state index contributed by atoms with van der Waals surface area (Å²) in [5.74, 6) is 0.448. The van der Waals surface area contributed by atoms with E-state index >= 15 is 0 Å². The third kappa shape index (κ3) is 2.98. The molecule has 0 spiro atoms. The largest absolute Gasteiger partial charge is 0.339 e. The molecule has 0 N–H and O–H groups in total. The Morgan fingerprint density at radius 1 is 1.27 bits per heavy atom. The Morgan fingerprint density at radius 3 is 2.88 bits per heavy atom. The first-order valence-electron chi connectivity index (χ1n) is 9.33. The van der Waals surface area contributed by atoms with Crippen molar-refractivity contribution in [3.63, 3.8) is 0 Å². The average Bonchev–Trinajstić information content (AvgIpc) is 2.87. The molecule has 4 rings (SSSR count). The number of para-hydroxylation sites is 1. The van der Waals surface area contributed by atoms with E-state index in [4.69, 9.17) is 0 Å². The van der Waals surface area contributed by atoms with Crippen LogP contribution in [-0.2, 0) is 16.6 Å². The van der Waals surface area contributed by atoms with Gasteiger partial charge in [0.1, 0.15) is 12.3 Å². The van der Waals surface area contributed by atoms with Crippen LogP contribution in [0.5, 0.6) is 0 Å². The maximum atomic E-state index is 12.8. The number of rotatable bonds is 4. The van der Waals surface area contributed by atoms with E-state index in [-0.39, 0.29) is 5.91 Å². The predicted molar refractivity (Wildman–Crippen MR) is 105 cm³/mol. The first kappa shape index (κ1) is 17.4. The lowest BCUT2D eigenvalue weighted by Crippen LogP contribution is -2.36. The van der Waals surface area contributed by atoms with E-state index in [0.29, 0.717) is 12.3 Å². The van der Waals surface area contributed by atoms with Crippen molar-refractivity contribution in [3.8, 4) is 0 Å². The number of carbonyl (C=O) groups is 2. The lowest BCUT2D eigenvalue weighted by Gasteiger charge is -2.27. The van der Waals surface area contributed by atoms with Gasteiger partial charge in [0.05, 0.1) is 10.8 Å². The van der Waals surface area contributed by atoms with Gasteiger partial charge in [-0.25, -0.2) is 0 Å². The number of allylic oxidation sites excluding steroid dienone is 1. The number of hydrogen-bond acceptors (Lipinski definition) is 3. The van der Waals surface area contributed by atoms with Crippen molar-refractivity contribution in [2.24, 2.45) is 7.05 Å². The van der Waals surface area contributed by atoms with Crippen molar-refractivity contribution < 1.29 is 9.59 Å². The summed E-state index contributed by atoms with van der Waals surface area (Å²) in [4.78, 5) is 26.7. The number of hydrogen-bond donors (Lipinski definition) is 0. The minimum Gasteiger partial charge on any atom is -0.339 e. The Morgan fingerprint density at radius 2 is 2.12 bits per heavy atom. The zero-order chi connectivity index (χ0) is 18.1. The van der Waals surface area contributed by atoms with Gasteiger partial charge in [-0.15, -0.1) is 0 Å². The summed E-state index contributed by atoms with van der Waals surface area (Å²) >= 11 is 1.55. The lowest BCUT2D eigenvalue weighted by atomic mass is 9.96. The van der Waals surface area contributed by atoms with Crippen LogP contribution in [0.25, 0.3) is 10.9 Å². The van der Waals surface area contributed by atoms with Crippen molar-refractivity contribution in [1.29, 1.82) is 0 Å². The second-order valence-electron chi connectivity index (χ2n) is 7.11. The molecule has 2 aliphatic rings. The number of aldehydes is 1. The molecular formula is C21H24N2O2S. The molecule has 2 heterocycles. The highest BCUT2D eigenvalue weighted by atomic mass is 32.2. The van der Waals surface area contributed by atoms with Crippen LogP contribution in [0.1, 0.15) is 43.7 Å². The third-order valence-electron chi connectivity index (χ3n) is 5.56. The van der Waals surface area contributed by atoms with Gasteiger partial charge in [-0.3, -0.25) is 4.79 Å². The number of thioether (sulfide) groups is 1. The molecule has 0 fully saturated rings. The fraction of sp³-hybridized carbons (Fsp3) is 0.429. The minimum atomic E-state index is -0.497. The smallest absolute Gasteiger partial charge is 0.233 e. The molecule has 1 aliphatic heterocycles. The number of fused-ring (bicyclic) bond motifs is 3. The van der Waals surface area contributed by atoms with E-state index in [1.54, 1.807) is 16.7 Å². The van der Waals surface area contributed by atoms with Gasteiger partial charge < -0.3 is 14.3 Å². The van der Waals surface area contributed by atoms with E-state index in [2.05, 4.69) is 22.8 Å². The zero-order valence-electron chi connectivity index (χ0n) is 15.1. The van der Waals surface area contributed by atoms with E-state index in [1.165, 1.54) is 18.4 Å². The number of nitrogens with zero attached hydrogens (tertiary/aromatic N) is 2. The molecule has 1 aromatic carbocycles. The van der Waals surface area contributed by atoms with Crippen LogP contribution < -0.4 is 0 Å². The van der Waals surface area contributed by atoms with Crippen molar-refractivity contribution >= 4 is 34.9 Å². The summed E-state index contributed by atoms with van der Waals surface area (Å²) in [5.41, 5.74) is 3.54. The van der Waals surface area contributed by atoms with Crippen molar-refractivity contribution in [2.45, 2.75) is 43.2 Å². The number of carbonyl (C=O) groups excluding carboxylic acids is 2. The highest BCUT2D eigenvalue weighted by Crippen LogP contribution is 2.41. The van der Waals surface area contributed by atoms with Gasteiger partial charge >= 0.3 is 0 Å². The third-order valence-corrected chi connectivity index (χ3v) is 6.72. The highest BCUT2D eigenvalue weighted by Gasteiger charge is 2.34. The lowest BCUT2D eigenvalue weighted by molar-refractivity contribution is -0.134. The molecule has 1 unspecified atom stereocenters. The van der Waals surface area contributed by atoms with Crippen LogP contribution in [0.15, 0.2) is 40.9 Å². The molecule has 1 atom stereocenters. The predicted octanol–water partition coefficient (Wildman–Crippen LogP) is 4.24. The Kier molecular flexibility index (Phi) is 4.90. The van der Waals surface area contributed by atoms with Crippen LogP contribution in [0.4, 0.5) is 0 Å². The normalized spacial score (nSPS) is 20.7. The highest BCUT2D eigenvalue weighted by molar-refractivity contribution is 8.00. The summed E-state index contributed by atoms with van der Waals surface area (Å²) in [6, 6.07) is 7.65. The molecule has 136 valence electrons. The van der Waals surface area contributed by atoms with E-state index in [9.17, 15) is 9.59 Å². The molecule has 1 aliphatic carbocycles. The van der Waals surface area contributed by atoms with Crippen LogP contribution in [0.3, 0.4) is 0 Å². The first-order chi connectivity index (χ1) is 12.7. The average molecular weight is 369 g/mol. The number of benzene rings is 1. The molecule has 5 heteroatoms. The van der Waals surface area contributed by atoms with Gasteiger partial charge in [0.2, 0.25) is 5.91 Å². The van der Waals surface area contributed by atoms with Crippen molar-refractivity contribution in [3.05, 3.63) is 41.5 Å². The second-order valence-corrected chi connectivity index (χ2v) is 8.07. The monoisotopic (exact) mass is 368 g/mol. The fourth-order valence-electron chi connectivity index (χ4n) is 4.18. The summed E-state index contributed by atoms with van der Waals surface area (Å²) in [5, 5.41) is 2.11. The maximum Gasteiger partial charge on any atom is 0.233 e.